The van der Waals surface area contributed by atoms with Gasteiger partial charge in [-0.1, -0.05) is 12.1 Å². The highest BCUT2D eigenvalue weighted by atomic mass is 16.5. The Balaban J connectivity index is 1.45. The molecule has 1 aromatic carbocycles. The summed E-state index contributed by atoms with van der Waals surface area (Å²) in [6.07, 6.45) is 4.71. The number of hydrogen-bond acceptors (Lipinski definition) is 5. The summed E-state index contributed by atoms with van der Waals surface area (Å²) < 4.78 is 11.1. The van der Waals surface area contributed by atoms with Crippen molar-refractivity contribution < 1.29 is 18.7 Å². The molecule has 0 aliphatic carbocycles. The zero-order valence-electron chi connectivity index (χ0n) is 16.1. The maximum Gasteiger partial charge on any atom is 0.291 e. The number of ether oxygens (including phenoxy) is 1. The third kappa shape index (κ3) is 3.88. The Bertz CT molecular complexity index is 870. The summed E-state index contributed by atoms with van der Waals surface area (Å²) in [6.45, 7) is 4.88. The van der Waals surface area contributed by atoms with Crippen LogP contribution in [-0.4, -0.2) is 52.8 Å². The smallest absolute Gasteiger partial charge is 0.291 e. The second-order valence-corrected chi connectivity index (χ2v) is 7.37. The van der Waals surface area contributed by atoms with Crippen LogP contribution >= 0.6 is 0 Å². The first-order valence-corrected chi connectivity index (χ1v) is 9.83. The topological polar surface area (TPSA) is 75.9 Å². The fourth-order valence-electron chi connectivity index (χ4n) is 3.80. The highest BCUT2D eigenvalue weighted by Gasteiger charge is 2.25. The lowest BCUT2D eigenvalue weighted by Crippen LogP contribution is -2.32. The Morgan fingerprint density at radius 1 is 1.14 bits per heavy atom. The predicted octanol–water partition coefficient (Wildman–Crippen LogP) is 2.57. The first-order chi connectivity index (χ1) is 13.6. The van der Waals surface area contributed by atoms with E-state index in [9.17, 15) is 9.59 Å². The maximum atomic E-state index is 12.8. The Labute approximate surface area is 164 Å². The molecule has 0 bridgehead atoms. The summed E-state index contributed by atoms with van der Waals surface area (Å²) in [6, 6.07) is 6.00. The fraction of sp³-hybridized carbons (Fsp3) is 0.476. The molecular formula is C21H25N3O4. The van der Waals surface area contributed by atoms with Crippen LogP contribution in [0.5, 0.6) is 5.75 Å². The van der Waals surface area contributed by atoms with E-state index in [-0.39, 0.29) is 17.6 Å². The van der Waals surface area contributed by atoms with Gasteiger partial charge in [-0.25, -0.2) is 4.98 Å². The highest BCUT2D eigenvalue weighted by Crippen LogP contribution is 2.26. The quantitative estimate of drug-likeness (QED) is 0.811. The number of fused-ring (bicyclic) bond motifs is 1. The maximum absolute atomic E-state index is 12.8. The molecule has 28 heavy (non-hydrogen) atoms. The number of benzene rings is 1. The zero-order chi connectivity index (χ0) is 19.5. The minimum absolute atomic E-state index is 0.180. The van der Waals surface area contributed by atoms with Crippen molar-refractivity contribution in [3.05, 3.63) is 47.2 Å². The van der Waals surface area contributed by atoms with Crippen LogP contribution in [0.3, 0.4) is 0 Å². The standard InChI is InChI=1S/C21H25N3O4/c1-15-20(28-14-22-15)21(26)24-10-11-27-18-6-4-16(12-17(18)13-24)5-7-19(25)23-8-2-3-9-23/h4,6,12,14H,2-3,5,7-11,13H2,1H3. The molecule has 1 saturated heterocycles. The molecule has 2 aliphatic rings. The molecule has 0 saturated carbocycles. The van der Waals surface area contributed by atoms with Gasteiger partial charge >= 0.3 is 0 Å². The molecule has 2 amide bonds. The van der Waals surface area contributed by atoms with Crippen molar-refractivity contribution in [2.45, 2.75) is 39.2 Å². The van der Waals surface area contributed by atoms with Crippen LogP contribution in [0.4, 0.5) is 0 Å². The predicted molar refractivity (Wildman–Crippen MR) is 102 cm³/mol. The van der Waals surface area contributed by atoms with Crippen LogP contribution < -0.4 is 4.74 Å². The molecule has 148 valence electrons. The molecule has 2 aliphatic heterocycles. The van der Waals surface area contributed by atoms with Crippen LogP contribution in [0.2, 0.25) is 0 Å². The number of carbonyl (C=O) groups excluding carboxylic acids is 2. The van der Waals surface area contributed by atoms with Gasteiger partial charge < -0.3 is 19.0 Å². The molecule has 7 heteroatoms. The number of rotatable bonds is 4. The third-order valence-corrected chi connectivity index (χ3v) is 5.42. The summed E-state index contributed by atoms with van der Waals surface area (Å²) in [5.41, 5.74) is 2.62. The van der Waals surface area contributed by atoms with E-state index in [1.165, 1.54) is 6.39 Å². The molecule has 2 aromatic rings. The van der Waals surface area contributed by atoms with E-state index >= 15 is 0 Å². The first-order valence-electron chi connectivity index (χ1n) is 9.83. The normalized spacial score (nSPS) is 16.5. The number of aromatic nitrogens is 1. The van der Waals surface area contributed by atoms with Gasteiger partial charge in [-0.3, -0.25) is 9.59 Å². The minimum atomic E-state index is -0.180. The number of amides is 2. The Kier molecular flexibility index (Phi) is 5.32. The van der Waals surface area contributed by atoms with Gasteiger partial charge in [-0.15, -0.1) is 0 Å². The lowest BCUT2D eigenvalue weighted by molar-refractivity contribution is -0.130. The van der Waals surface area contributed by atoms with Crippen LogP contribution in [-0.2, 0) is 17.8 Å². The van der Waals surface area contributed by atoms with Crippen molar-refractivity contribution in [3.63, 3.8) is 0 Å². The molecule has 7 nitrogen and oxygen atoms in total. The van der Waals surface area contributed by atoms with Crippen molar-refractivity contribution in [3.8, 4) is 5.75 Å². The number of carbonyl (C=O) groups is 2. The van der Waals surface area contributed by atoms with Crippen LogP contribution in [0.1, 0.15) is 46.6 Å². The van der Waals surface area contributed by atoms with Gasteiger partial charge in [0.15, 0.2) is 6.39 Å². The number of oxazole rings is 1. The number of hydrogen-bond donors (Lipinski definition) is 0. The summed E-state index contributed by atoms with van der Waals surface area (Å²) in [4.78, 5) is 32.8. The Hall–Kier alpha value is -2.83. The summed E-state index contributed by atoms with van der Waals surface area (Å²) in [7, 11) is 0. The molecule has 1 aromatic heterocycles. The highest BCUT2D eigenvalue weighted by molar-refractivity contribution is 5.92. The monoisotopic (exact) mass is 383 g/mol. The van der Waals surface area contributed by atoms with Gasteiger partial charge in [0.25, 0.3) is 5.91 Å². The van der Waals surface area contributed by atoms with Crippen molar-refractivity contribution in [1.82, 2.24) is 14.8 Å². The molecular weight excluding hydrogens is 358 g/mol. The second-order valence-electron chi connectivity index (χ2n) is 7.37. The largest absolute Gasteiger partial charge is 0.491 e. The summed E-state index contributed by atoms with van der Waals surface area (Å²) >= 11 is 0. The Morgan fingerprint density at radius 3 is 2.71 bits per heavy atom. The van der Waals surface area contributed by atoms with E-state index in [4.69, 9.17) is 9.15 Å². The molecule has 0 atom stereocenters. The zero-order valence-corrected chi connectivity index (χ0v) is 16.1. The van der Waals surface area contributed by atoms with E-state index in [2.05, 4.69) is 4.98 Å². The number of likely N-dealkylation sites (tertiary alicyclic amines) is 1. The SMILES string of the molecule is Cc1ncoc1C(=O)N1CCOc2ccc(CCC(=O)N3CCCC3)cc2C1. The van der Waals surface area contributed by atoms with Gasteiger partial charge in [-0.2, -0.15) is 0 Å². The van der Waals surface area contributed by atoms with Gasteiger partial charge in [0.05, 0.1) is 12.2 Å². The molecule has 1 fully saturated rings. The minimum Gasteiger partial charge on any atom is -0.491 e. The van der Waals surface area contributed by atoms with Gasteiger partial charge in [0.1, 0.15) is 12.4 Å². The van der Waals surface area contributed by atoms with Crippen LogP contribution in [0.25, 0.3) is 0 Å². The molecule has 4 rings (SSSR count). The lowest BCUT2D eigenvalue weighted by Gasteiger charge is -2.19. The van der Waals surface area contributed by atoms with Gasteiger partial charge in [-0.05, 0) is 37.8 Å². The molecule has 3 heterocycles. The van der Waals surface area contributed by atoms with Crippen molar-refractivity contribution in [1.29, 1.82) is 0 Å². The average Bonchev–Trinajstić information content (AvgIpc) is 3.33. The molecule has 0 unspecified atom stereocenters. The van der Waals surface area contributed by atoms with Crippen LogP contribution in [0, 0.1) is 6.92 Å². The Morgan fingerprint density at radius 2 is 1.96 bits per heavy atom. The summed E-state index contributed by atoms with van der Waals surface area (Å²) in [5.74, 6) is 1.11. The van der Waals surface area contributed by atoms with E-state index in [1.807, 2.05) is 23.1 Å². The van der Waals surface area contributed by atoms with Crippen molar-refractivity contribution in [2.75, 3.05) is 26.2 Å². The first kappa shape index (κ1) is 18.5. The third-order valence-electron chi connectivity index (χ3n) is 5.42. The lowest BCUT2D eigenvalue weighted by atomic mass is 10.0. The number of nitrogens with zero attached hydrogens (tertiary/aromatic N) is 3. The van der Waals surface area contributed by atoms with Crippen LogP contribution in [0.15, 0.2) is 29.0 Å². The molecule has 0 spiro atoms. The van der Waals surface area contributed by atoms with E-state index in [0.717, 1.165) is 42.8 Å². The van der Waals surface area contributed by atoms with Crippen molar-refractivity contribution in [2.24, 2.45) is 0 Å². The van der Waals surface area contributed by atoms with Gasteiger partial charge in [0.2, 0.25) is 11.7 Å². The van der Waals surface area contributed by atoms with E-state index in [0.29, 0.717) is 38.2 Å². The molecule has 0 N–H and O–H groups in total. The van der Waals surface area contributed by atoms with E-state index in [1.54, 1.807) is 11.8 Å². The second kappa shape index (κ2) is 8.04. The van der Waals surface area contributed by atoms with Gasteiger partial charge in [0, 0.05) is 31.6 Å². The average molecular weight is 383 g/mol. The molecule has 0 radical (unpaired) electrons. The number of aryl methyl sites for hydroxylation is 2. The van der Waals surface area contributed by atoms with E-state index < -0.39 is 0 Å². The fourth-order valence-corrected chi connectivity index (χ4v) is 3.80. The van der Waals surface area contributed by atoms with Crippen molar-refractivity contribution >= 4 is 11.8 Å². The summed E-state index contributed by atoms with van der Waals surface area (Å²) in [5, 5.41) is 0.